The second-order valence-corrected chi connectivity index (χ2v) is 4.42. The number of carbonyl (C=O) groups excluding carboxylic acids is 1. The first-order chi connectivity index (χ1) is 8.79. The zero-order chi connectivity index (χ0) is 12.8. The number of rotatable bonds is 5. The number of carbonyl (C=O) groups is 1. The third kappa shape index (κ3) is 3.47. The van der Waals surface area contributed by atoms with Crippen molar-refractivity contribution in [2.24, 2.45) is 0 Å². The molecule has 0 bridgehead atoms. The van der Waals surface area contributed by atoms with Crippen LogP contribution in [0.5, 0.6) is 5.75 Å². The predicted molar refractivity (Wildman–Crippen MR) is 69.0 cm³/mol. The van der Waals surface area contributed by atoms with Crippen molar-refractivity contribution in [3.63, 3.8) is 0 Å². The predicted octanol–water partition coefficient (Wildman–Crippen LogP) is 1.95. The molecule has 1 heterocycles. The lowest BCUT2D eigenvalue weighted by molar-refractivity contribution is 0.0600. The van der Waals surface area contributed by atoms with Crippen LogP contribution in [0.2, 0.25) is 0 Å². The lowest BCUT2D eigenvalue weighted by Gasteiger charge is -2.15. The minimum Gasteiger partial charge on any atom is -0.492 e. The molecule has 0 atom stereocenters. The summed E-state index contributed by atoms with van der Waals surface area (Å²) in [5.74, 6) is 0.386. The molecule has 0 unspecified atom stereocenters. The van der Waals surface area contributed by atoms with Crippen LogP contribution < -0.4 is 4.74 Å². The van der Waals surface area contributed by atoms with Gasteiger partial charge in [0.2, 0.25) is 0 Å². The van der Waals surface area contributed by atoms with Crippen LogP contribution in [0.15, 0.2) is 24.3 Å². The van der Waals surface area contributed by atoms with Gasteiger partial charge in [0.1, 0.15) is 12.4 Å². The van der Waals surface area contributed by atoms with E-state index in [2.05, 4.69) is 9.64 Å². The van der Waals surface area contributed by atoms with Crippen molar-refractivity contribution in [2.45, 2.75) is 12.8 Å². The van der Waals surface area contributed by atoms with Crippen molar-refractivity contribution in [3.05, 3.63) is 29.8 Å². The molecule has 0 saturated carbocycles. The Balaban J connectivity index is 1.83. The topological polar surface area (TPSA) is 38.8 Å². The van der Waals surface area contributed by atoms with E-state index >= 15 is 0 Å². The molecule has 1 aromatic carbocycles. The van der Waals surface area contributed by atoms with E-state index < -0.39 is 0 Å². The average molecular weight is 249 g/mol. The molecule has 0 amide bonds. The number of methoxy groups -OCH3 is 1. The number of likely N-dealkylation sites (tertiary alicyclic amines) is 1. The maximum Gasteiger partial charge on any atom is 0.337 e. The van der Waals surface area contributed by atoms with Gasteiger partial charge in [-0.1, -0.05) is 6.07 Å². The number of benzene rings is 1. The van der Waals surface area contributed by atoms with Gasteiger partial charge in [-0.3, -0.25) is 4.90 Å². The molecule has 1 fully saturated rings. The van der Waals surface area contributed by atoms with Crippen LogP contribution in [0.25, 0.3) is 0 Å². The van der Waals surface area contributed by atoms with Crippen LogP contribution in [-0.4, -0.2) is 44.2 Å². The number of nitrogens with zero attached hydrogens (tertiary/aromatic N) is 1. The normalized spacial score (nSPS) is 15.6. The maximum absolute atomic E-state index is 11.4. The van der Waals surface area contributed by atoms with Crippen LogP contribution in [-0.2, 0) is 4.74 Å². The van der Waals surface area contributed by atoms with Crippen LogP contribution in [0.3, 0.4) is 0 Å². The van der Waals surface area contributed by atoms with E-state index in [0.29, 0.717) is 12.2 Å². The Morgan fingerprint density at radius 2 is 2.11 bits per heavy atom. The smallest absolute Gasteiger partial charge is 0.337 e. The first kappa shape index (κ1) is 12.9. The molecule has 4 heteroatoms. The molecule has 98 valence electrons. The highest BCUT2D eigenvalue weighted by molar-refractivity contribution is 5.89. The van der Waals surface area contributed by atoms with Gasteiger partial charge in [-0.05, 0) is 44.1 Å². The van der Waals surface area contributed by atoms with Crippen LogP contribution in [0, 0.1) is 0 Å². The lowest BCUT2D eigenvalue weighted by Crippen LogP contribution is -2.25. The molecule has 1 aromatic rings. The quantitative estimate of drug-likeness (QED) is 0.748. The van der Waals surface area contributed by atoms with E-state index in [-0.39, 0.29) is 5.97 Å². The summed E-state index contributed by atoms with van der Waals surface area (Å²) < 4.78 is 10.3. The second-order valence-electron chi connectivity index (χ2n) is 4.42. The zero-order valence-electron chi connectivity index (χ0n) is 10.7. The van der Waals surface area contributed by atoms with Crippen molar-refractivity contribution >= 4 is 5.97 Å². The fourth-order valence-corrected chi connectivity index (χ4v) is 2.13. The molecule has 0 N–H and O–H groups in total. The molecular formula is C14H19NO3. The minimum atomic E-state index is -0.333. The number of hydrogen-bond acceptors (Lipinski definition) is 4. The standard InChI is InChI=1S/C14H19NO3/c1-17-14(16)12-5-4-6-13(11-12)18-10-9-15-7-2-3-8-15/h4-6,11H,2-3,7-10H2,1H3. The van der Waals surface area contributed by atoms with E-state index in [1.54, 1.807) is 18.2 Å². The Hall–Kier alpha value is -1.55. The summed E-state index contributed by atoms with van der Waals surface area (Å²) in [5, 5.41) is 0. The van der Waals surface area contributed by atoms with Gasteiger partial charge in [0, 0.05) is 6.54 Å². The summed E-state index contributed by atoms with van der Waals surface area (Å²) in [7, 11) is 1.38. The van der Waals surface area contributed by atoms with Crippen molar-refractivity contribution in [3.8, 4) is 5.75 Å². The van der Waals surface area contributed by atoms with Crippen LogP contribution >= 0.6 is 0 Å². The van der Waals surface area contributed by atoms with Gasteiger partial charge in [-0.15, -0.1) is 0 Å². The van der Waals surface area contributed by atoms with Crippen molar-refractivity contribution < 1.29 is 14.3 Å². The molecule has 1 aliphatic rings. The van der Waals surface area contributed by atoms with Gasteiger partial charge in [0.15, 0.2) is 0 Å². The van der Waals surface area contributed by atoms with Gasteiger partial charge in [0.05, 0.1) is 12.7 Å². The molecule has 0 radical (unpaired) electrons. The summed E-state index contributed by atoms with van der Waals surface area (Å²) in [6.45, 7) is 3.95. The van der Waals surface area contributed by atoms with Gasteiger partial charge in [0.25, 0.3) is 0 Å². The molecule has 0 aromatic heterocycles. The SMILES string of the molecule is COC(=O)c1cccc(OCCN2CCCC2)c1. The van der Waals surface area contributed by atoms with E-state index in [4.69, 9.17) is 4.74 Å². The zero-order valence-corrected chi connectivity index (χ0v) is 10.7. The number of ether oxygens (including phenoxy) is 2. The Bertz CT molecular complexity index is 400. The van der Waals surface area contributed by atoms with E-state index in [9.17, 15) is 4.79 Å². The van der Waals surface area contributed by atoms with Crippen LogP contribution in [0.1, 0.15) is 23.2 Å². The maximum atomic E-state index is 11.4. The van der Waals surface area contributed by atoms with Gasteiger partial charge in [-0.2, -0.15) is 0 Å². The molecule has 4 nitrogen and oxygen atoms in total. The largest absolute Gasteiger partial charge is 0.492 e. The van der Waals surface area contributed by atoms with E-state index in [1.165, 1.54) is 33.0 Å². The third-order valence-corrected chi connectivity index (χ3v) is 3.13. The highest BCUT2D eigenvalue weighted by atomic mass is 16.5. The fourth-order valence-electron chi connectivity index (χ4n) is 2.13. The fraction of sp³-hybridized carbons (Fsp3) is 0.500. The Morgan fingerprint density at radius 3 is 2.83 bits per heavy atom. The molecule has 2 rings (SSSR count). The van der Waals surface area contributed by atoms with Gasteiger partial charge in [-0.25, -0.2) is 4.79 Å². The molecule has 0 aliphatic carbocycles. The minimum absolute atomic E-state index is 0.333. The molecule has 1 aliphatic heterocycles. The monoisotopic (exact) mass is 249 g/mol. The number of esters is 1. The summed E-state index contributed by atoms with van der Waals surface area (Å²) in [5.41, 5.74) is 0.524. The molecular weight excluding hydrogens is 230 g/mol. The average Bonchev–Trinajstić information content (AvgIpc) is 2.91. The Kier molecular flexibility index (Phi) is 4.59. The Morgan fingerprint density at radius 1 is 1.33 bits per heavy atom. The Labute approximate surface area is 107 Å². The van der Waals surface area contributed by atoms with Crippen molar-refractivity contribution in [1.29, 1.82) is 0 Å². The lowest BCUT2D eigenvalue weighted by atomic mass is 10.2. The number of hydrogen-bond donors (Lipinski definition) is 0. The highest BCUT2D eigenvalue weighted by Gasteiger charge is 2.11. The van der Waals surface area contributed by atoms with Crippen molar-refractivity contribution in [2.75, 3.05) is 33.4 Å². The van der Waals surface area contributed by atoms with Crippen LogP contribution in [0.4, 0.5) is 0 Å². The highest BCUT2D eigenvalue weighted by Crippen LogP contribution is 2.14. The third-order valence-electron chi connectivity index (χ3n) is 3.13. The summed E-state index contributed by atoms with van der Waals surface area (Å²) in [6, 6.07) is 7.10. The molecule has 18 heavy (non-hydrogen) atoms. The van der Waals surface area contributed by atoms with Crippen molar-refractivity contribution in [1.82, 2.24) is 4.90 Å². The molecule has 0 spiro atoms. The van der Waals surface area contributed by atoms with Gasteiger partial charge < -0.3 is 9.47 Å². The second kappa shape index (κ2) is 6.40. The van der Waals surface area contributed by atoms with E-state index in [0.717, 1.165) is 12.3 Å². The summed E-state index contributed by atoms with van der Waals surface area (Å²) in [4.78, 5) is 13.8. The first-order valence-corrected chi connectivity index (χ1v) is 6.33. The molecule has 1 saturated heterocycles. The summed E-state index contributed by atoms with van der Waals surface area (Å²) >= 11 is 0. The summed E-state index contributed by atoms with van der Waals surface area (Å²) in [6.07, 6.45) is 2.58. The van der Waals surface area contributed by atoms with E-state index in [1.807, 2.05) is 6.07 Å². The van der Waals surface area contributed by atoms with Gasteiger partial charge >= 0.3 is 5.97 Å². The first-order valence-electron chi connectivity index (χ1n) is 6.33.